The van der Waals surface area contributed by atoms with Crippen molar-refractivity contribution in [1.29, 1.82) is 0 Å². The first-order valence-corrected chi connectivity index (χ1v) is 10.9. The zero-order valence-electron chi connectivity index (χ0n) is 16.6. The Bertz CT molecular complexity index is 1120. The zero-order chi connectivity index (χ0) is 23.6. The molecule has 1 aliphatic rings. The van der Waals surface area contributed by atoms with Crippen molar-refractivity contribution >= 4 is 27.6 Å². The smallest absolute Gasteiger partial charge is 0.319 e. The molecule has 2 aromatic carbocycles. The molecule has 9 nitrogen and oxygen atoms in total. The molecule has 4 N–H and O–H groups in total. The Morgan fingerprint density at radius 2 is 1.78 bits per heavy atom. The average molecular weight is 472 g/mol. The number of nitrogens with two attached hydrogens (primary N) is 1. The highest BCUT2D eigenvalue weighted by atomic mass is 32.2. The van der Waals surface area contributed by atoms with Gasteiger partial charge in [0.05, 0.1) is 7.11 Å². The van der Waals surface area contributed by atoms with Crippen molar-refractivity contribution in [2.75, 3.05) is 24.8 Å². The van der Waals surface area contributed by atoms with Crippen molar-refractivity contribution < 1.29 is 35.9 Å². The van der Waals surface area contributed by atoms with Gasteiger partial charge in [-0.1, -0.05) is 0 Å². The summed E-state index contributed by atoms with van der Waals surface area (Å²) in [5.74, 6) is -5.79. The first kappa shape index (κ1) is 23.3. The molecule has 172 valence electrons. The largest absolute Gasteiger partial charge is 0.497 e. The Kier molecular flexibility index (Phi) is 6.60. The van der Waals surface area contributed by atoms with Crippen LogP contribution in [0.1, 0.15) is 11.5 Å². The molecule has 0 aromatic heterocycles. The number of methoxy groups -OCH3 is 1. The molecule has 0 radical (unpaired) electrons. The quantitative estimate of drug-likeness (QED) is 0.586. The number of carbonyl (C=O) groups is 2. The van der Waals surface area contributed by atoms with Crippen molar-refractivity contribution in [3.63, 3.8) is 0 Å². The minimum atomic E-state index is -4.15. The molecule has 1 saturated heterocycles. The van der Waals surface area contributed by atoms with E-state index in [0.29, 0.717) is 0 Å². The van der Waals surface area contributed by atoms with Crippen LogP contribution in [-0.2, 0) is 14.8 Å². The molecule has 0 saturated carbocycles. The summed E-state index contributed by atoms with van der Waals surface area (Å²) >= 11 is 0. The molecule has 1 aliphatic heterocycles. The van der Waals surface area contributed by atoms with Crippen molar-refractivity contribution in [3.8, 4) is 5.75 Å². The van der Waals surface area contributed by atoms with Gasteiger partial charge in [0, 0.05) is 35.8 Å². The highest BCUT2D eigenvalue weighted by molar-refractivity contribution is 7.89. The normalized spacial score (nSPS) is 18.5. The molecule has 0 aliphatic carbocycles. The molecule has 0 spiro atoms. The van der Waals surface area contributed by atoms with E-state index < -0.39 is 69.4 Å². The first-order chi connectivity index (χ1) is 15.0. The summed E-state index contributed by atoms with van der Waals surface area (Å²) in [4.78, 5) is 26.0. The van der Waals surface area contributed by atoms with Gasteiger partial charge >= 0.3 is 6.03 Å². The van der Waals surface area contributed by atoms with Gasteiger partial charge in [0.1, 0.15) is 35.1 Å². The van der Waals surface area contributed by atoms with Gasteiger partial charge in [0.2, 0.25) is 15.9 Å². The predicted molar refractivity (Wildman–Crippen MR) is 108 cm³/mol. The number of primary sulfonamides is 1. The second-order valence-electron chi connectivity index (χ2n) is 7.05. The Labute approximate surface area is 181 Å². The number of hydrogen-bond acceptors (Lipinski definition) is 5. The van der Waals surface area contributed by atoms with E-state index in [1.807, 2.05) is 0 Å². The Morgan fingerprint density at radius 1 is 1.19 bits per heavy atom. The lowest BCUT2D eigenvalue weighted by Gasteiger charge is -2.20. The molecule has 13 heteroatoms. The fraction of sp³-hybridized carbons (Fsp3) is 0.263. The minimum Gasteiger partial charge on any atom is -0.497 e. The van der Waals surface area contributed by atoms with Crippen molar-refractivity contribution in [2.45, 2.75) is 12.0 Å². The maximum absolute atomic E-state index is 14.7. The van der Waals surface area contributed by atoms with Crippen molar-refractivity contribution in [3.05, 3.63) is 59.4 Å². The van der Waals surface area contributed by atoms with Crippen molar-refractivity contribution in [1.82, 2.24) is 10.2 Å². The molecule has 3 amide bonds. The lowest BCUT2D eigenvalue weighted by molar-refractivity contribution is -0.128. The number of amides is 3. The van der Waals surface area contributed by atoms with Crippen LogP contribution in [0.25, 0.3) is 0 Å². The maximum Gasteiger partial charge on any atom is 0.319 e. The third-order valence-electron chi connectivity index (χ3n) is 4.78. The Morgan fingerprint density at radius 3 is 2.31 bits per heavy atom. The van der Waals surface area contributed by atoms with E-state index in [4.69, 9.17) is 9.88 Å². The van der Waals surface area contributed by atoms with Crippen molar-refractivity contribution in [2.24, 2.45) is 5.14 Å². The molecule has 2 unspecified atom stereocenters. The molecular formula is C19H19F3N4O5S. The van der Waals surface area contributed by atoms with E-state index >= 15 is 0 Å². The second-order valence-corrected chi connectivity index (χ2v) is 8.63. The van der Waals surface area contributed by atoms with E-state index in [2.05, 4.69) is 10.6 Å². The minimum absolute atomic E-state index is 0.104. The van der Waals surface area contributed by atoms with Gasteiger partial charge in [-0.05, 0) is 24.3 Å². The molecule has 3 rings (SSSR count). The third-order valence-corrected chi connectivity index (χ3v) is 5.45. The number of likely N-dealkylation sites (tertiary alicyclic amines) is 1. The fourth-order valence-electron chi connectivity index (χ4n) is 3.43. The number of sulfonamides is 1. The number of carbonyl (C=O) groups excluding carboxylic acids is 2. The number of urea groups is 1. The number of ether oxygens (including phenoxy) is 1. The first-order valence-electron chi connectivity index (χ1n) is 9.14. The summed E-state index contributed by atoms with van der Waals surface area (Å²) in [6.45, 7) is -0.420. The van der Waals surface area contributed by atoms with Crippen LogP contribution in [0.15, 0.2) is 36.4 Å². The molecule has 32 heavy (non-hydrogen) atoms. The summed E-state index contributed by atoms with van der Waals surface area (Å²) in [6.07, 6.45) is 0. The van der Waals surface area contributed by atoms with Crippen LogP contribution in [0.5, 0.6) is 5.75 Å². The highest BCUT2D eigenvalue weighted by Crippen LogP contribution is 2.34. The average Bonchev–Trinajstić information content (AvgIpc) is 2.97. The van der Waals surface area contributed by atoms with Crippen LogP contribution >= 0.6 is 0 Å². The zero-order valence-corrected chi connectivity index (χ0v) is 17.5. The lowest BCUT2D eigenvalue weighted by Crippen LogP contribution is -2.46. The lowest BCUT2D eigenvalue weighted by atomic mass is 9.93. The van der Waals surface area contributed by atoms with Crippen LogP contribution in [-0.4, -0.2) is 50.8 Å². The van der Waals surface area contributed by atoms with E-state index in [1.54, 1.807) is 0 Å². The van der Waals surface area contributed by atoms with Gasteiger partial charge in [-0.25, -0.2) is 31.5 Å². The van der Waals surface area contributed by atoms with E-state index in [-0.39, 0.29) is 11.4 Å². The van der Waals surface area contributed by atoms with Crippen LogP contribution in [0.4, 0.5) is 23.7 Å². The number of benzene rings is 2. The Balaban J connectivity index is 1.91. The SMILES string of the molecule is COc1cc(F)c(C2CN(CS(N)(=O)=O)C(=O)C2NC(=O)Nc2ccc(F)cc2)c(F)c1. The monoisotopic (exact) mass is 472 g/mol. The van der Waals surface area contributed by atoms with Gasteiger partial charge in [0.25, 0.3) is 0 Å². The third kappa shape index (κ3) is 5.29. The number of rotatable bonds is 6. The standard InChI is InChI=1S/C19H19F3N4O5S/c1-31-12-6-14(21)16(15(22)7-12)13-8-26(9-32(23,29)30)18(27)17(13)25-19(28)24-11-4-2-10(20)3-5-11/h2-7,13,17H,8-9H2,1H3,(H2,23,29,30)(H2,24,25,28). The predicted octanol–water partition coefficient (Wildman–Crippen LogP) is 1.47. The number of hydrogen-bond donors (Lipinski definition) is 3. The second kappa shape index (κ2) is 9.04. The molecular weight excluding hydrogens is 453 g/mol. The molecule has 1 fully saturated rings. The van der Waals surface area contributed by atoms with Crippen LogP contribution in [0.3, 0.4) is 0 Å². The van der Waals surface area contributed by atoms with E-state index in [9.17, 15) is 31.2 Å². The van der Waals surface area contributed by atoms with Gasteiger partial charge in [-0.15, -0.1) is 0 Å². The summed E-state index contributed by atoms with van der Waals surface area (Å²) in [5.41, 5.74) is -0.336. The summed E-state index contributed by atoms with van der Waals surface area (Å²) < 4.78 is 70.2. The molecule has 1 heterocycles. The van der Waals surface area contributed by atoms with Gasteiger partial charge in [-0.3, -0.25) is 4.79 Å². The van der Waals surface area contributed by atoms with E-state index in [1.165, 1.54) is 19.2 Å². The number of anilines is 1. The fourth-order valence-corrected chi connectivity index (χ4v) is 4.10. The maximum atomic E-state index is 14.7. The summed E-state index contributed by atoms with van der Waals surface area (Å²) in [6, 6.07) is 4.09. The van der Waals surface area contributed by atoms with Gasteiger partial charge in [-0.2, -0.15) is 0 Å². The van der Waals surface area contributed by atoms with Crippen LogP contribution < -0.4 is 20.5 Å². The Hall–Kier alpha value is -3.32. The van der Waals surface area contributed by atoms with Crippen LogP contribution in [0.2, 0.25) is 0 Å². The number of halogens is 3. The topological polar surface area (TPSA) is 131 Å². The molecule has 2 aromatic rings. The summed E-state index contributed by atoms with van der Waals surface area (Å²) in [5, 5.41) is 9.67. The number of nitrogens with zero attached hydrogens (tertiary/aromatic N) is 1. The van der Waals surface area contributed by atoms with Gasteiger partial charge < -0.3 is 20.3 Å². The highest BCUT2D eigenvalue weighted by Gasteiger charge is 2.45. The molecule has 2 atom stereocenters. The van der Waals surface area contributed by atoms with E-state index in [0.717, 1.165) is 29.2 Å². The van der Waals surface area contributed by atoms with Crippen LogP contribution in [0, 0.1) is 17.5 Å². The summed E-state index contributed by atoms with van der Waals surface area (Å²) in [7, 11) is -2.93. The molecule has 0 bridgehead atoms. The van der Waals surface area contributed by atoms with Gasteiger partial charge in [0.15, 0.2) is 0 Å². The number of nitrogens with one attached hydrogen (secondary N) is 2.